The molecule has 0 aliphatic carbocycles. The molecule has 8 aromatic rings. The lowest BCUT2D eigenvalue weighted by Crippen LogP contribution is -2.14. The van der Waals surface area contributed by atoms with E-state index in [4.69, 9.17) is 25.8 Å². The molecule has 348 valence electrons. The third-order valence-corrected chi connectivity index (χ3v) is 12.2. The SMILES string of the molecule is CCS(=O)(=O)c1ccc(OC)c(NC(=O)c2cc3ccccc3cc2O)c1.COc1ccccc1NC(=O)c1cccc(OC)c1O.O=C(Nc1cccc(Cl)c1)c1cc2ccccc2cc1O. The number of halogens is 1. The molecule has 8 rings (SSSR count). The van der Waals surface area contributed by atoms with Crippen molar-refractivity contribution in [3.8, 4) is 34.5 Å². The lowest BCUT2D eigenvalue weighted by Gasteiger charge is -2.13. The molecule has 8 aromatic carbocycles. The van der Waals surface area contributed by atoms with Gasteiger partial charge in [-0.15, -0.1) is 0 Å². The monoisotopic (exact) mass is 955 g/mol. The van der Waals surface area contributed by atoms with Gasteiger partial charge in [0.2, 0.25) is 0 Å². The third kappa shape index (κ3) is 11.9. The summed E-state index contributed by atoms with van der Waals surface area (Å²) in [6.45, 7) is 1.55. The summed E-state index contributed by atoms with van der Waals surface area (Å²) in [6.07, 6.45) is 0. The largest absolute Gasteiger partial charge is 0.507 e. The summed E-state index contributed by atoms with van der Waals surface area (Å²) in [7, 11) is 0.933. The third-order valence-electron chi connectivity index (χ3n) is 10.3. The highest BCUT2D eigenvalue weighted by molar-refractivity contribution is 7.91. The molecular formula is C52H46ClN3O11S. The summed E-state index contributed by atoms with van der Waals surface area (Å²) in [5, 5.41) is 42.2. The fraction of sp³-hybridized carbons (Fsp3) is 0.0962. The molecule has 0 saturated carbocycles. The van der Waals surface area contributed by atoms with E-state index in [1.165, 1.54) is 51.7 Å². The first-order chi connectivity index (χ1) is 32.7. The van der Waals surface area contributed by atoms with Crippen molar-refractivity contribution in [1.82, 2.24) is 0 Å². The predicted octanol–water partition coefficient (Wildman–Crippen LogP) is 10.7. The normalized spacial score (nSPS) is 10.7. The highest BCUT2D eigenvalue weighted by Crippen LogP contribution is 2.33. The molecule has 0 bridgehead atoms. The predicted molar refractivity (Wildman–Crippen MR) is 265 cm³/mol. The maximum Gasteiger partial charge on any atom is 0.259 e. The van der Waals surface area contributed by atoms with Crippen LogP contribution in [0.5, 0.6) is 34.5 Å². The quantitative estimate of drug-likeness (QED) is 0.0718. The first-order valence-corrected chi connectivity index (χ1v) is 22.7. The number of aromatic hydroxyl groups is 3. The maximum absolute atomic E-state index is 12.7. The first kappa shape index (κ1) is 49.2. The van der Waals surface area contributed by atoms with Crippen LogP contribution in [0.3, 0.4) is 0 Å². The Labute approximate surface area is 397 Å². The average molecular weight is 956 g/mol. The highest BCUT2D eigenvalue weighted by Gasteiger charge is 2.20. The summed E-state index contributed by atoms with van der Waals surface area (Å²) in [5.41, 5.74) is 1.77. The number of benzene rings is 8. The van der Waals surface area contributed by atoms with Crippen LogP contribution in [0.15, 0.2) is 163 Å². The van der Waals surface area contributed by atoms with E-state index in [0.717, 1.165) is 21.5 Å². The molecule has 0 radical (unpaired) electrons. The number of ether oxygens (including phenoxy) is 3. The zero-order chi connectivity index (χ0) is 49.0. The number of carbonyl (C=O) groups excluding carboxylic acids is 3. The van der Waals surface area contributed by atoms with Crippen LogP contribution in [-0.2, 0) is 9.84 Å². The Hall–Kier alpha value is -8.27. The summed E-state index contributed by atoms with van der Waals surface area (Å²) in [5.74, 6) is -0.732. The standard InChI is InChI=1S/C20H19NO5S.C17H12ClNO2.C15H15NO4/c1-3-27(24,25)15-8-9-19(26-2)17(12-15)21-20(23)16-10-13-6-4-5-7-14(13)11-18(16)22;18-13-6-3-7-14(10-13)19-17(21)15-8-11-4-1-2-5-12(11)9-16(15)20;1-19-12-8-4-3-7-11(12)16-15(18)10-6-5-9-13(20-2)14(10)17/h4-12,22H,3H2,1-2H3,(H,21,23);1-10,20H,(H,19,21);3-9,17H,1-2H3,(H,16,18). The molecule has 0 unspecified atom stereocenters. The van der Waals surface area contributed by atoms with Crippen molar-refractivity contribution >= 4 is 77.8 Å². The molecule has 0 aromatic heterocycles. The molecule has 0 aliphatic heterocycles. The molecule has 14 nitrogen and oxygen atoms in total. The van der Waals surface area contributed by atoms with E-state index in [1.54, 1.807) is 85.8 Å². The van der Waals surface area contributed by atoms with Crippen LogP contribution in [0, 0.1) is 0 Å². The van der Waals surface area contributed by atoms with Gasteiger partial charge in [0.1, 0.15) is 23.0 Å². The molecule has 0 heterocycles. The van der Waals surface area contributed by atoms with Crippen molar-refractivity contribution in [2.24, 2.45) is 0 Å². The number of anilines is 3. The van der Waals surface area contributed by atoms with Crippen molar-refractivity contribution in [3.63, 3.8) is 0 Å². The zero-order valence-corrected chi connectivity index (χ0v) is 38.7. The van der Waals surface area contributed by atoms with E-state index in [1.807, 2.05) is 48.5 Å². The van der Waals surface area contributed by atoms with Crippen molar-refractivity contribution in [2.75, 3.05) is 43.0 Å². The molecular weight excluding hydrogens is 910 g/mol. The topological polar surface area (TPSA) is 210 Å². The van der Waals surface area contributed by atoms with Gasteiger partial charge in [0.15, 0.2) is 21.3 Å². The molecule has 0 spiro atoms. The Kier molecular flexibility index (Phi) is 16.1. The highest BCUT2D eigenvalue weighted by atomic mass is 35.5. The van der Waals surface area contributed by atoms with Gasteiger partial charge < -0.3 is 45.5 Å². The number of amides is 3. The first-order valence-electron chi connectivity index (χ1n) is 20.7. The molecule has 68 heavy (non-hydrogen) atoms. The number of phenols is 3. The number of nitrogens with one attached hydrogen (secondary N) is 3. The van der Waals surface area contributed by atoms with E-state index in [2.05, 4.69) is 16.0 Å². The number of sulfone groups is 1. The fourth-order valence-electron chi connectivity index (χ4n) is 6.73. The number of para-hydroxylation sites is 3. The number of hydrogen-bond donors (Lipinski definition) is 6. The van der Waals surface area contributed by atoms with Crippen molar-refractivity contribution < 1.29 is 52.3 Å². The van der Waals surface area contributed by atoms with Gasteiger partial charge in [0, 0.05) is 10.7 Å². The van der Waals surface area contributed by atoms with Crippen LogP contribution in [-0.4, -0.2) is 68.5 Å². The van der Waals surface area contributed by atoms with Crippen LogP contribution in [0.1, 0.15) is 38.0 Å². The number of carbonyl (C=O) groups is 3. The maximum atomic E-state index is 12.7. The number of fused-ring (bicyclic) bond motifs is 2. The molecule has 16 heteroatoms. The van der Waals surface area contributed by atoms with Gasteiger partial charge in [0.05, 0.1) is 60.0 Å². The minimum absolute atomic E-state index is 0.0479. The Morgan fingerprint density at radius 2 is 0.971 bits per heavy atom. The minimum Gasteiger partial charge on any atom is -0.507 e. The number of phenolic OH excluding ortho intramolecular Hbond substituents is 3. The number of hydrogen-bond acceptors (Lipinski definition) is 11. The van der Waals surface area contributed by atoms with Crippen LogP contribution in [0.2, 0.25) is 5.02 Å². The van der Waals surface area contributed by atoms with Gasteiger partial charge in [-0.3, -0.25) is 14.4 Å². The fourth-order valence-corrected chi connectivity index (χ4v) is 7.82. The van der Waals surface area contributed by atoms with E-state index >= 15 is 0 Å². The van der Waals surface area contributed by atoms with E-state index in [9.17, 15) is 38.1 Å². The van der Waals surface area contributed by atoms with Crippen molar-refractivity contribution in [1.29, 1.82) is 0 Å². The second-order valence-electron chi connectivity index (χ2n) is 14.6. The Balaban J connectivity index is 0.000000170. The van der Waals surface area contributed by atoms with Crippen LogP contribution < -0.4 is 30.2 Å². The average Bonchev–Trinajstić information content (AvgIpc) is 3.34. The molecule has 6 N–H and O–H groups in total. The van der Waals surface area contributed by atoms with E-state index < -0.39 is 21.7 Å². The van der Waals surface area contributed by atoms with Crippen molar-refractivity contribution in [3.05, 3.63) is 179 Å². The Morgan fingerprint density at radius 3 is 1.53 bits per heavy atom. The molecule has 0 aliphatic rings. The van der Waals surface area contributed by atoms with Gasteiger partial charge >= 0.3 is 0 Å². The summed E-state index contributed by atoms with van der Waals surface area (Å²) < 4.78 is 39.6. The Bertz CT molecular complexity index is 3250. The van der Waals surface area contributed by atoms with E-state index in [0.29, 0.717) is 27.9 Å². The molecule has 3 amide bonds. The van der Waals surface area contributed by atoms with Gasteiger partial charge in [-0.25, -0.2) is 8.42 Å². The van der Waals surface area contributed by atoms with Gasteiger partial charge in [-0.1, -0.05) is 91.3 Å². The second-order valence-corrected chi connectivity index (χ2v) is 17.3. The summed E-state index contributed by atoms with van der Waals surface area (Å²) >= 11 is 5.88. The smallest absolute Gasteiger partial charge is 0.259 e. The Morgan fingerprint density at radius 1 is 0.500 bits per heavy atom. The number of methoxy groups -OCH3 is 3. The summed E-state index contributed by atoms with van der Waals surface area (Å²) in [4.78, 5) is 37.3. The second kappa shape index (κ2) is 22.3. The van der Waals surface area contributed by atoms with Gasteiger partial charge in [-0.2, -0.15) is 0 Å². The summed E-state index contributed by atoms with van der Waals surface area (Å²) in [6, 6.07) is 44.1. The van der Waals surface area contributed by atoms with Crippen LogP contribution >= 0.6 is 11.6 Å². The molecule has 0 fully saturated rings. The lowest BCUT2D eigenvalue weighted by atomic mass is 10.1. The minimum atomic E-state index is -3.44. The number of rotatable bonds is 11. The molecule has 0 saturated heterocycles. The van der Waals surface area contributed by atoms with Crippen LogP contribution in [0.4, 0.5) is 17.1 Å². The lowest BCUT2D eigenvalue weighted by molar-refractivity contribution is 0.101. The van der Waals surface area contributed by atoms with Crippen molar-refractivity contribution in [2.45, 2.75) is 11.8 Å². The van der Waals surface area contributed by atoms with Gasteiger partial charge in [-0.05, 0) is 106 Å². The van der Waals surface area contributed by atoms with E-state index in [-0.39, 0.29) is 61.9 Å². The zero-order valence-electron chi connectivity index (χ0n) is 37.1. The molecule has 0 atom stereocenters. The van der Waals surface area contributed by atoms with Crippen LogP contribution in [0.25, 0.3) is 21.5 Å². The van der Waals surface area contributed by atoms with Gasteiger partial charge in [0.25, 0.3) is 17.7 Å².